The minimum absolute atomic E-state index is 0.0346. The van der Waals surface area contributed by atoms with Gasteiger partial charge < -0.3 is 20.4 Å². The van der Waals surface area contributed by atoms with Gasteiger partial charge in [-0.3, -0.25) is 14.4 Å². The Labute approximate surface area is 145 Å². The van der Waals surface area contributed by atoms with Crippen LogP contribution in [-0.4, -0.2) is 30.8 Å². The van der Waals surface area contributed by atoms with E-state index in [0.717, 1.165) is 5.56 Å². The fourth-order valence-corrected chi connectivity index (χ4v) is 2.16. The van der Waals surface area contributed by atoms with Crippen LogP contribution in [0.2, 0.25) is 0 Å². The fraction of sp³-hybridized carbons (Fsp3) is 0.278. The first kappa shape index (κ1) is 18.3. The largest absolute Gasteiger partial charge is 0.472 e. The van der Waals surface area contributed by atoms with Gasteiger partial charge in [0, 0.05) is 25.2 Å². The van der Waals surface area contributed by atoms with Crippen LogP contribution in [0.1, 0.15) is 29.3 Å². The Hall–Kier alpha value is -3.09. The van der Waals surface area contributed by atoms with E-state index in [-0.39, 0.29) is 30.7 Å². The predicted octanol–water partition coefficient (Wildman–Crippen LogP) is 1.72. The highest BCUT2D eigenvalue weighted by Crippen LogP contribution is 2.10. The van der Waals surface area contributed by atoms with Gasteiger partial charge in [0.25, 0.3) is 5.91 Å². The predicted molar refractivity (Wildman–Crippen MR) is 93.1 cm³/mol. The number of furan rings is 1. The summed E-state index contributed by atoms with van der Waals surface area (Å²) in [6, 6.07) is 8.64. The second kappa shape index (κ2) is 9.27. The number of likely N-dealkylation sites (N-methyl/N-ethyl adjacent to an activating group) is 1. The number of anilines is 1. The zero-order valence-electron chi connectivity index (χ0n) is 14.0. The topological polar surface area (TPSA) is 100 Å². The zero-order chi connectivity index (χ0) is 18.1. The summed E-state index contributed by atoms with van der Waals surface area (Å²) in [5.74, 6) is -0.520. The maximum absolute atomic E-state index is 11.9. The maximum Gasteiger partial charge on any atom is 0.254 e. The molecule has 0 aliphatic carbocycles. The molecule has 0 saturated carbocycles. The summed E-state index contributed by atoms with van der Waals surface area (Å²) in [6.07, 6.45) is 3.22. The molecule has 7 nitrogen and oxygen atoms in total. The summed E-state index contributed by atoms with van der Waals surface area (Å²) in [7, 11) is 0. The molecule has 1 aromatic heterocycles. The maximum atomic E-state index is 11.9. The number of carbonyl (C=O) groups excluding carboxylic acids is 3. The van der Waals surface area contributed by atoms with E-state index in [2.05, 4.69) is 16.0 Å². The monoisotopic (exact) mass is 343 g/mol. The third-order valence-electron chi connectivity index (χ3n) is 3.40. The minimum Gasteiger partial charge on any atom is -0.472 e. The first-order valence-corrected chi connectivity index (χ1v) is 8.04. The Bertz CT molecular complexity index is 708. The number of amides is 3. The third kappa shape index (κ3) is 6.14. The highest BCUT2D eigenvalue weighted by Gasteiger charge is 2.08. The van der Waals surface area contributed by atoms with Crippen molar-refractivity contribution in [3.63, 3.8) is 0 Å². The van der Waals surface area contributed by atoms with Crippen molar-refractivity contribution in [1.82, 2.24) is 10.6 Å². The summed E-state index contributed by atoms with van der Waals surface area (Å²) in [5, 5.41) is 8.12. The molecule has 0 atom stereocenters. The number of hydrogen-bond donors (Lipinski definition) is 3. The lowest BCUT2D eigenvalue weighted by atomic mass is 10.1. The standard InChI is InChI=1S/C18H21N3O4/c1-2-19-17(23)11-13-3-5-15(6-4-13)21-16(22)7-9-20-18(24)14-8-10-25-12-14/h3-6,8,10,12H,2,7,9,11H2,1H3,(H,19,23)(H,20,24)(H,21,22). The molecule has 2 aromatic rings. The number of nitrogens with one attached hydrogen (secondary N) is 3. The Balaban J connectivity index is 1.73. The molecule has 0 aliphatic rings. The van der Waals surface area contributed by atoms with Gasteiger partial charge in [-0.15, -0.1) is 0 Å². The Morgan fingerprint density at radius 2 is 1.76 bits per heavy atom. The van der Waals surface area contributed by atoms with Crippen molar-refractivity contribution < 1.29 is 18.8 Å². The molecule has 0 bridgehead atoms. The van der Waals surface area contributed by atoms with Gasteiger partial charge in [-0.2, -0.15) is 0 Å². The molecule has 1 heterocycles. The summed E-state index contributed by atoms with van der Waals surface area (Å²) in [4.78, 5) is 35.1. The van der Waals surface area contributed by atoms with Crippen LogP contribution in [0.15, 0.2) is 47.3 Å². The number of rotatable bonds is 8. The smallest absolute Gasteiger partial charge is 0.254 e. The van der Waals surface area contributed by atoms with Gasteiger partial charge in [0.1, 0.15) is 6.26 Å². The normalized spacial score (nSPS) is 10.1. The molecule has 25 heavy (non-hydrogen) atoms. The summed E-state index contributed by atoms with van der Waals surface area (Å²) in [6.45, 7) is 2.70. The van der Waals surface area contributed by atoms with Crippen molar-refractivity contribution in [3.8, 4) is 0 Å². The van der Waals surface area contributed by atoms with E-state index >= 15 is 0 Å². The van der Waals surface area contributed by atoms with Gasteiger partial charge in [0.05, 0.1) is 18.2 Å². The molecule has 0 spiro atoms. The van der Waals surface area contributed by atoms with E-state index in [0.29, 0.717) is 24.2 Å². The van der Waals surface area contributed by atoms with Crippen LogP contribution in [0.4, 0.5) is 5.69 Å². The van der Waals surface area contributed by atoms with E-state index in [9.17, 15) is 14.4 Å². The van der Waals surface area contributed by atoms with Crippen molar-refractivity contribution >= 4 is 23.4 Å². The molecule has 0 unspecified atom stereocenters. The molecule has 1 aromatic carbocycles. The Morgan fingerprint density at radius 1 is 1.00 bits per heavy atom. The van der Waals surface area contributed by atoms with E-state index in [4.69, 9.17) is 4.42 Å². The van der Waals surface area contributed by atoms with Gasteiger partial charge >= 0.3 is 0 Å². The zero-order valence-corrected chi connectivity index (χ0v) is 14.0. The van der Waals surface area contributed by atoms with Crippen molar-refractivity contribution in [1.29, 1.82) is 0 Å². The minimum atomic E-state index is -0.281. The van der Waals surface area contributed by atoms with Crippen LogP contribution < -0.4 is 16.0 Å². The van der Waals surface area contributed by atoms with E-state index < -0.39 is 0 Å². The van der Waals surface area contributed by atoms with Crippen molar-refractivity contribution in [3.05, 3.63) is 54.0 Å². The highest BCUT2D eigenvalue weighted by atomic mass is 16.3. The van der Waals surface area contributed by atoms with Gasteiger partial charge in [-0.1, -0.05) is 12.1 Å². The van der Waals surface area contributed by atoms with Crippen molar-refractivity contribution in [2.24, 2.45) is 0 Å². The Kier molecular flexibility index (Phi) is 6.76. The molecule has 0 radical (unpaired) electrons. The molecule has 7 heteroatoms. The van der Waals surface area contributed by atoms with Crippen LogP contribution in [0.25, 0.3) is 0 Å². The van der Waals surface area contributed by atoms with E-state index in [1.54, 1.807) is 30.3 Å². The van der Waals surface area contributed by atoms with Gasteiger partial charge in [-0.05, 0) is 30.7 Å². The second-order valence-corrected chi connectivity index (χ2v) is 5.39. The summed E-state index contributed by atoms with van der Waals surface area (Å²) >= 11 is 0. The third-order valence-corrected chi connectivity index (χ3v) is 3.40. The fourth-order valence-electron chi connectivity index (χ4n) is 2.16. The van der Waals surface area contributed by atoms with Crippen LogP contribution in [-0.2, 0) is 16.0 Å². The summed E-state index contributed by atoms with van der Waals surface area (Å²) < 4.78 is 4.82. The van der Waals surface area contributed by atoms with Crippen LogP contribution in [0.5, 0.6) is 0 Å². The van der Waals surface area contributed by atoms with Crippen molar-refractivity contribution in [2.75, 3.05) is 18.4 Å². The lowest BCUT2D eigenvalue weighted by molar-refractivity contribution is -0.120. The molecule has 0 fully saturated rings. The van der Waals surface area contributed by atoms with Crippen LogP contribution in [0, 0.1) is 0 Å². The quantitative estimate of drug-likeness (QED) is 0.679. The SMILES string of the molecule is CCNC(=O)Cc1ccc(NC(=O)CCNC(=O)c2ccoc2)cc1. The van der Waals surface area contributed by atoms with Gasteiger partial charge in [-0.25, -0.2) is 0 Å². The molecule has 0 aliphatic heterocycles. The molecule has 2 rings (SSSR count). The molecular formula is C18H21N3O4. The highest BCUT2D eigenvalue weighted by molar-refractivity contribution is 5.95. The lowest BCUT2D eigenvalue weighted by Gasteiger charge is -2.07. The molecule has 0 saturated heterocycles. The average Bonchev–Trinajstić information content (AvgIpc) is 3.11. The number of hydrogen-bond acceptors (Lipinski definition) is 4. The van der Waals surface area contributed by atoms with Crippen molar-refractivity contribution in [2.45, 2.75) is 19.8 Å². The molecular weight excluding hydrogens is 322 g/mol. The van der Waals surface area contributed by atoms with Gasteiger partial charge in [0.2, 0.25) is 11.8 Å². The summed E-state index contributed by atoms with van der Waals surface area (Å²) in [5.41, 5.74) is 1.94. The first-order valence-electron chi connectivity index (χ1n) is 8.04. The molecule has 132 valence electrons. The Morgan fingerprint density at radius 3 is 2.40 bits per heavy atom. The second-order valence-electron chi connectivity index (χ2n) is 5.39. The first-order chi connectivity index (χ1) is 12.1. The van der Waals surface area contributed by atoms with Crippen LogP contribution in [0.3, 0.4) is 0 Å². The van der Waals surface area contributed by atoms with Gasteiger partial charge in [0.15, 0.2) is 0 Å². The van der Waals surface area contributed by atoms with Crippen LogP contribution >= 0.6 is 0 Å². The number of carbonyl (C=O) groups is 3. The van der Waals surface area contributed by atoms with E-state index in [1.165, 1.54) is 12.5 Å². The molecule has 3 N–H and O–H groups in total. The molecule has 3 amide bonds. The lowest BCUT2D eigenvalue weighted by Crippen LogP contribution is -2.27. The van der Waals surface area contributed by atoms with E-state index in [1.807, 2.05) is 6.92 Å². The average molecular weight is 343 g/mol. The number of benzene rings is 1.